The van der Waals surface area contributed by atoms with Crippen LogP contribution in [0, 0.1) is 10.1 Å². The molecule has 0 atom stereocenters. The number of phenols is 1. The summed E-state index contributed by atoms with van der Waals surface area (Å²) in [5.74, 6) is -1.09. The minimum absolute atomic E-state index is 0.0374. The Kier molecular flexibility index (Phi) is 6.78. The van der Waals surface area contributed by atoms with Gasteiger partial charge in [0, 0.05) is 17.8 Å². The molecule has 3 amide bonds. The summed E-state index contributed by atoms with van der Waals surface area (Å²) in [6.45, 7) is 2.05. The van der Waals surface area contributed by atoms with Crippen molar-refractivity contribution >= 4 is 46.3 Å². The molecule has 2 heterocycles. The fourth-order valence-corrected chi connectivity index (χ4v) is 4.19. The van der Waals surface area contributed by atoms with Gasteiger partial charge in [0.2, 0.25) is 11.7 Å². The summed E-state index contributed by atoms with van der Waals surface area (Å²) in [5.41, 5.74) is -0.0361. The van der Waals surface area contributed by atoms with E-state index in [1.807, 2.05) is 0 Å². The third-order valence-electron chi connectivity index (χ3n) is 4.87. The molecule has 2 aliphatic heterocycles. The van der Waals surface area contributed by atoms with Crippen LogP contribution < -0.4 is 19.5 Å². The molecular formula is C22H19N3O9S. The van der Waals surface area contributed by atoms with E-state index >= 15 is 0 Å². The first-order valence-corrected chi connectivity index (χ1v) is 11.2. The highest BCUT2D eigenvalue weighted by molar-refractivity contribution is 8.18. The first-order chi connectivity index (χ1) is 16.8. The van der Waals surface area contributed by atoms with Crippen molar-refractivity contribution in [1.29, 1.82) is 0 Å². The van der Waals surface area contributed by atoms with Crippen LogP contribution in [0.15, 0.2) is 35.2 Å². The van der Waals surface area contributed by atoms with E-state index in [1.54, 1.807) is 25.1 Å². The van der Waals surface area contributed by atoms with Crippen LogP contribution in [-0.2, 0) is 9.59 Å². The highest BCUT2D eigenvalue weighted by Crippen LogP contribution is 2.39. The van der Waals surface area contributed by atoms with E-state index in [2.05, 4.69) is 5.32 Å². The molecular weight excluding hydrogens is 482 g/mol. The largest absolute Gasteiger partial charge is 0.500 e. The number of nitrogens with one attached hydrogen (secondary N) is 1. The van der Waals surface area contributed by atoms with E-state index < -0.39 is 40.0 Å². The summed E-state index contributed by atoms with van der Waals surface area (Å²) < 4.78 is 16.1. The zero-order valence-corrected chi connectivity index (χ0v) is 19.1. The average Bonchev–Trinajstić information content (AvgIpc) is 3.08. The quantitative estimate of drug-likeness (QED) is 0.328. The van der Waals surface area contributed by atoms with Crippen molar-refractivity contribution in [2.45, 2.75) is 6.92 Å². The third kappa shape index (κ3) is 5.14. The molecule has 1 fully saturated rings. The fourth-order valence-electron chi connectivity index (χ4n) is 3.35. The highest BCUT2D eigenvalue weighted by Gasteiger charge is 2.36. The zero-order valence-electron chi connectivity index (χ0n) is 18.3. The van der Waals surface area contributed by atoms with Crippen LogP contribution >= 0.6 is 11.8 Å². The van der Waals surface area contributed by atoms with Crippen molar-refractivity contribution in [1.82, 2.24) is 4.90 Å². The lowest BCUT2D eigenvalue weighted by Crippen LogP contribution is -2.36. The molecule has 0 spiro atoms. The Balaban J connectivity index is 1.49. The highest BCUT2D eigenvalue weighted by atomic mass is 32.2. The number of amides is 3. The van der Waals surface area contributed by atoms with E-state index in [1.165, 1.54) is 12.1 Å². The maximum absolute atomic E-state index is 12.8. The average molecular weight is 501 g/mol. The third-order valence-corrected chi connectivity index (χ3v) is 5.78. The van der Waals surface area contributed by atoms with Crippen LogP contribution in [0.2, 0.25) is 0 Å². The van der Waals surface area contributed by atoms with Gasteiger partial charge in [-0.15, -0.1) is 0 Å². The SMILES string of the molecule is CCOc1cc(/C=C2\SC(=O)N(CC(=O)Nc3ccc4c(c3)OCCO4)C2=O)cc([N+](=O)[O-])c1O. The van der Waals surface area contributed by atoms with Crippen molar-refractivity contribution < 1.29 is 38.6 Å². The Bertz CT molecular complexity index is 1260. The van der Waals surface area contributed by atoms with Gasteiger partial charge < -0.3 is 24.6 Å². The molecule has 0 bridgehead atoms. The number of hydrogen-bond acceptors (Lipinski definition) is 10. The van der Waals surface area contributed by atoms with Gasteiger partial charge in [-0.2, -0.15) is 0 Å². The molecule has 1 saturated heterocycles. The lowest BCUT2D eigenvalue weighted by atomic mass is 10.1. The number of benzene rings is 2. The van der Waals surface area contributed by atoms with Gasteiger partial charge in [-0.3, -0.25) is 29.4 Å². The molecule has 12 nitrogen and oxygen atoms in total. The zero-order chi connectivity index (χ0) is 25.1. The lowest BCUT2D eigenvalue weighted by molar-refractivity contribution is -0.386. The van der Waals surface area contributed by atoms with Crippen molar-refractivity contribution in [2.24, 2.45) is 0 Å². The maximum Gasteiger partial charge on any atom is 0.315 e. The number of phenolic OH excluding ortho intramolecular Hbond substituents is 1. The van der Waals surface area contributed by atoms with Gasteiger partial charge in [-0.05, 0) is 48.5 Å². The second kappa shape index (κ2) is 9.93. The number of fused-ring (bicyclic) bond motifs is 1. The maximum atomic E-state index is 12.8. The van der Waals surface area contributed by atoms with Gasteiger partial charge in [-0.1, -0.05) is 0 Å². The number of anilines is 1. The van der Waals surface area contributed by atoms with E-state index in [0.717, 1.165) is 11.0 Å². The first-order valence-electron chi connectivity index (χ1n) is 10.4. The van der Waals surface area contributed by atoms with E-state index in [-0.39, 0.29) is 22.8 Å². The number of thioether (sulfide) groups is 1. The number of nitro groups is 1. The minimum Gasteiger partial charge on any atom is -0.500 e. The number of nitro benzene ring substituents is 1. The topological polar surface area (TPSA) is 158 Å². The molecule has 0 saturated carbocycles. The Morgan fingerprint density at radius 2 is 2.00 bits per heavy atom. The summed E-state index contributed by atoms with van der Waals surface area (Å²) in [7, 11) is 0. The first kappa shape index (κ1) is 23.9. The summed E-state index contributed by atoms with van der Waals surface area (Å²) in [6, 6.07) is 7.19. The normalized spacial score (nSPS) is 15.9. The number of aromatic hydroxyl groups is 1. The number of hydrogen-bond donors (Lipinski definition) is 2. The second-order valence-electron chi connectivity index (χ2n) is 7.25. The van der Waals surface area contributed by atoms with Gasteiger partial charge >= 0.3 is 5.69 Å². The van der Waals surface area contributed by atoms with Crippen LogP contribution in [0.5, 0.6) is 23.0 Å². The van der Waals surface area contributed by atoms with Crippen LogP contribution in [0.25, 0.3) is 6.08 Å². The standard InChI is InChI=1S/C22H19N3O9S/c1-2-32-17-8-12(7-14(20(17)27)25(30)31)9-18-21(28)24(22(29)35-18)11-19(26)23-13-3-4-15-16(10-13)34-6-5-33-15/h3-4,7-10,27H,2,5-6,11H2,1H3,(H,23,26)/b18-9-. The van der Waals surface area contributed by atoms with Crippen LogP contribution in [0.3, 0.4) is 0 Å². The van der Waals surface area contributed by atoms with Gasteiger partial charge in [0.1, 0.15) is 19.8 Å². The number of imide groups is 1. The molecule has 0 unspecified atom stereocenters. The molecule has 35 heavy (non-hydrogen) atoms. The molecule has 2 aromatic rings. The number of rotatable bonds is 7. The molecule has 2 aliphatic rings. The van der Waals surface area contributed by atoms with Crippen molar-refractivity contribution in [3.05, 3.63) is 50.9 Å². The number of ether oxygens (including phenoxy) is 3. The number of nitrogens with zero attached hydrogens (tertiary/aromatic N) is 2. The summed E-state index contributed by atoms with van der Waals surface area (Å²) in [5, 5.41) is 23.2. The van der Waals surface area contributed by atoms with Crippen LogP contribution in [0.4, 0.5) is 16.2 Å². The Morgan fingerprint density at radius 1 is 1.26 bits per heavy atom. The summed E-state index contributed by atoms with van der Waals surface area (Å²) >= 11 is 0.590. The second-order valence-corrected chi connectivity index (χ2v) is 8.24. The molecule has 13 heteroatoms. The molecule has 2 N–H and O–H groups in total. The monoisotopic (exact) mass is 501 g/mol. The Morgan fingerprint density at radius 3 is 2.71 bits per heavy atom. The summed E-state index contributed by atoms with van der Waals surface area (Å²) in [4.78, 5) is 48.9. The molecule has 2 aromatic carbocycles. The molecule has 0 aliphatic carbocycles. The van der Waals surface area contributed by atoms with Gasteiger partial charge in [0.25, 0.3) is 11.1 Å². The summed E-state index contributed by atoms with van der Waals surface area (Å²) in [6.07, 6.45) is 1.26. The van der Waals surface area contributed by atoms with Gasteiger partial charge in [0.05, 0.1) is 16.4 Å². The number of carbonyl (C=O) groups is 3. The lowest BCUT2D eigenvalue weighted by Gasteiger charge is -2.19. The minimum atomic E-state index is -0.789. The molecule has 182 valence electrons. The Hall–Kier alpha value is -4.26. The molecule has 0 aromatic heterocycles. The number of carbonyl (C=O) groups excluding carboxylic acids is 3. The van der Waals surface area contributed by atoms with Gasteiger partial charge in [0.15, 0.2) is 17.2 Å². The van der Waals surface area contributed by atoms with Crippen LogP contribution in [0.1, 0.15) is 12.5 Å². The van der Waals surface area contributed by atoms with E-state index in [4.69, 9.17) is 14.2 Å². The fraction of sp³-hybridized carbons (Fsp3) is 0.227. The van der Waals surface area contributed by atoms with E-state index in [9.17, 15) is 29.6 Å². The van der Waals surface area contributed by atoms with E-state index in [0.29, 0.717) is 42.2 Å². The predicted octanol–water partition coefficient (Wildman–Crippen LogP) is 3.15. The predicted molar refractivity (Wildman–Crippen MR) is 125 cm³/mol. The van der Waals surface area contributed by atoms with Crippen molar-refractivity contribution in [2.75, 3.05) is 31.7 Å². The molecule has 4 rings (SSSR count). The van der Waals surface area contributed by atoms with Crippen molar-refractivity contribution in [3.63, 3.8) is 0 Å². The van der Waals surface area contributed by atoms with Crippen LogP contribution in [-0.4, -0.2) is 58.3 Å². The smallest absolute Gasteiger partial charge is 0.315 e. The molecule has 0 radical (unpaired) electrons. The Labute approximate surface area is 202 Å². The van der Waals surface area contributed by atoms with Gasteiger partial charge in [-0.25, -0.2) is 0 Å². The van der Waals surface area contributed by atoms with Crippen molar-refractivity contribution in [3.8, 4) is 23.0 Å².